The highest BCUT2D eigenvalue weighted by Gasteiger charge is 2.46. The summed E-state index contributed by atoms with van der Waals surface area (Å²) in [5, 5.41) is 4.96. The van der Waals surface area contributed by atoms with Crippen LogP contribution < -0.4 is 15.5 Å². The van der Waals surface area contributed by atoms with Gasteiger partial charge in [-0.15, -0.1) is 0 Å². The summed E-state index contributed by atoms with van der Waals surface area (Å²) < 4.78 is 0. The molecule has 9 nitrogen and oxygen atoms in total. The number of hydrogen-bond acceptors (Lipinski definition) is 6. The maximum Gasteiger partial charge on any atom is 0.264 e. The van der Waals surface area contributed by atoms with Crippen molar-refractivity contribution in [1.29, 1.82) is 0 Å². The van der Waals surface area contributed by atoms with E-state index in [1.54, 1.807) is 18.2 Å². The molecule has 3 aliphatic rings. The van der Waals surface area contributed by atoms with Gasteiger partial charge in [-0.2, -0.15) is 0 Å². The van der Waals surface area contributed by atoms with Gasteiger partial charge >= 0.3 is 0 Å². The zero-order valence-electron chi connectivity index (χ0n) is 14.5. The molecule has 2 fully saturated rings. The largest absolute Gasteiger partial charge is 0.369 e. The number of fused-ring (bicyclic) bond motifs is 1. The van der Waals surface area contributed by atoms with Crippen LogP contribution in [0.15, 0.2) is 18.2 Å². The van der Waals surface area contributed by atoms with E-state index in [0.29, 0.717) is 31.7 Å². The Balaban J connectivity index is 1.68. The van der Waals surface area contributed by atoms with Crippen LogP contribution >= 0.6 is 0 Å². The van der Waals surface area contributed by atoms with E-state index in [1.165, 1.54) is 0 Å². The molecule has 4 rings (SSSR count). The first-order valence-electron chi connectivity index (χ1n) is 8.83. The number of carbonyl (C=O) groups excluding carboxylic acids is 5. The molecule has 5 amide bonds. The first-order valence-corrected chi connectivity index (χ1v) is 8.83. The van der Waals surface area contributed by atoms with Gasteiger partial charge in [0.15, 0.2) is 0 Å². The molecule has 0 spiro atoms. The van der Waals surface area contributed by atoms with E-state index in [0.717, 1.165) is 4.90 Å². The second-order valence-electron chi connectivity index (χ2n) is 6.73. The van der Waals surface area contributed by atoms with Crippen molar-refractivity contribution in [1.82, 2.24) is 15.5 Å². The molecule has 3 aliphatic heterocycles. The Bertz CT molecular complexity index is 881. The number of benzene rings is 1. The summed E-state index contributed by atoms with van der Waals surface area (Å²) in [6.07, 6.45) is 0.493. The summed E-state index contributed by atoms with van der Waals surface area (Å²) in [5.41, 5.74) is 1.07. The van der Waals surface area contributed by atoms with Crippen LogP contribution in [0.2, 0.25) is 0 Å². The van der Waals surface area contributed by atoms with E-state index in [1.807, 2.05) is 4.90 Å². The molecule has 3 heterocycles. The summed E-state index contributed by atoms with van der Waals surface area (Å²) in [5.74, 6) is -2.17. The molecule has 0 aromatic heterocycles. The zero-order chi connectivity index (χ0) is 19.1. The lowest BCUT2D eigenvalue weighted by atomic mass is 10.0. The lowest BCUT2D eigenvalue weighted by Gasteiger charge is -2.28. The van der Waals surface area contributed by atoms with Crippen LogP contribution in [0.25, 0.3) is 0 Å². The predicted molar refractivity (Wildman–Crippen MR) is 93.0 cm³/mol. The van der Waals surface area contributed by atoms with Gasteiger partial charge in [0.05, 0.1) is 16.8 Å². The van der Waals surface area contributed by atoms with E-state index >= 15 is 0 Å². The van der Waals surface area contributed by atoms with Crippen LogP contribution in [0, 0.1) is 0 Å². The second kappa shape index (κ2) is 6.49. The molecule has 2 saturated heterocycles. The van der Waals surface area contributed by atoms with E-state index in [4.69, 9.17) is 0 Å². The molecule has 0 aliphatic carbocycles. The van der Waals surface area contributed by atoms with Crippen LogP contribution in [0.1, 0.15) is 40.0 Å². The fourth-order valence-corrected chi connectivity index (χ4v) is 3.77. The number of anilines is 1. The van der Waals surface area contributed by atoms with Gasteiger partial charge in [-0.25, -0.2) is 0 Å². The smallest absolute Gasteiger partial charge is 0.264 e. The van der Waals surface area contributed by atoms with Crippen molar-refractivity contribution in [2.75, 3.05) is 24.5 Å². The van der Waals surface area contributed by atoms with Crippen LogP contribution in [-0.4, -0.2) is 60.1 Å². The standard InChI is InChI=1S/C18H18N4O5/c23-13-6-8-21(9-7-19-13)11-3-1-2-10-15(11)18(27)22(17(10)26)12-4-5-14(24)20-16(12)25/h1-3,12H,4-9H2,(H,19,23)(H,20,24,25). The minimum Gasteiger partial charge on any atom is -0.369 e. The number of carbonyl (C=O) groups is 5. The zero-order valence-corrected chi connectivity index (χ0v) is 14.5. The van der Waals surface area contributed by atoms with E-state index in [9.17, 15) is 24.0 Å². The summed E-state index contributed by atoms with van der Waals surface area (Å²) in [7, 11) is 0. The Labute approximate surface area is 154 Å². The SMILES string of the molecule is O=C1CCN(c2cccc3c2C(=O)N(C2CCC(=O)NC2=O)C3=O)CCN1. The fraction of sp³-hybridized carbons (Fsp3) is 0.389. The summed E-state index contributed by atoms with van der Waals surface area (Å²) >= 11 is 0. The molecule has 2 N–H and O–H groups in total. The molecule has 1 aromatic rings. The molecule has 0 saturated carbocycles. The number of amides is 5. The quantitative estimate of drug-likeness (QED) is 0.673. The van der Waals surface area contributed by atoms with Gasteiger partial charge < -0.3 is 10.2 Å². The van der Waals surface area contributed by atoms with Gasteiger partial charge in [-0.05, 0) is 18.6 Å². The van der Waals surface area contributed by atoms with Gasteiger partial charge in [0, 0.05) is 32.5 Å². The monoisotopic (exact) mass is 370 g/mol. The predicted octanol–water partition coefficient (Wildman–Crippen LogP) is -0.586. The third-order valence-corrected chi connectivity index (χ3v) is 5.10. The number of hydrogen-bond donors (Lipinski definition) is 2. The molecule has 0 bridgehead atoms. The molecule has 0 radical (unpaired) electrons. The minimum absolute atomic E-state index is 0.0577. The fourth-order valence-electron chi connectivity index (χ4n) is 3.77. The molecular weight excluding hydrogens is 352 g/mol. The Morgan fingerprint density at radius 3 is 2.52 bits per heavy atom. The minimum atomic E-state index is -0.990. The highest BCUT2D eigenvalue weighted by Crippen LogP contribution is 2.34. The van der Waals surface area contributed by atoms with Crippen LogP contribution in [0.4, 0.5) is 5.69 Å². The van der Waals surface area contributed by atoms with Gasteiger partial charge in [0.2, 0.25) is 17.7 Å². The maximum atomic E-state index is 13.1. The molecule has 1 aromatic carbocycles. The summed E-state index contributed by atoms with van der Waals surface area (Å²) in [6, 6.07) is 4.00. The normalized spacial score (nSPS) is 23.1. The highest BCUT2D eigenvalue weighted by molar-refractivity contribution is 6.25. The lowest BCUT2D eigenvalue weighted by Crippen LogP contribution is -2.54. The third-order valence-electron chi connectivity index (χ3n) is 5.10. The molecule has 27 heavy (non-hydrogen) atoms. The average molecular weight is 370 g/mol. The number of imide groups is 2. The van der Waals surface area contributed by atoms with Crippen LogP contribution in [0.5, 0.6) is 0 Å². The first-order chi connectivity index (χ1) is 13.0. The Hall–Kier alpha value is -3.23. The molecule has 1 unspecified atom stereocenters. The average Bonchev–Trinajstić information content (AvgIpc) is 2.78. The van der Waals surface area contributed by atoms with Crippen molar-refractivity contribution in [3.05, 3.63) is 29.3 Å². The molecular formula is C18H18N4O5. The molecule has 140 valence electrons. The van der Waals surface area contributed by atoms with Gasteiger partial charge in [0.1, 0.15) is 6.04 Å². The number of rotatable bonds is 2. The Morgan fingerprint density at radius 2 is 1.74 bits per heavy atom. The van der Waals surface area contributed by atoms with E-state index in [2.05, 4.69) is 10.6 Å². The van der Waals surface area contributed by atoms with Crippen molar-refractivity contribution in [3.8, 4) is 0 Å². The topological polar surface area (TPSA) is 116 Å². The van der Waals surface area contributed by atoms with Crippen molar-refractivity contribution in [3.63, 3.8) is 0 Å². The van der Waals surface area contributed by atoms with E-state index in [-0.39, 0.29) is 29.9 Å². The Morgan fingerprint density at radius 1 is 0.926 bits per heavy atom. The second-order valence-corrected chi connectivity index (χ2v) is 6.73. The number of piperidine rings is 1. The number of nitrogens with one attached hydrogen (secondary N) is 2. The number of nitrogens with zero attached hydrogens (tertiary/aromatic N) is 2. The summed E-state index contributed by atoms with van der Waals surface area (Å²) in [6.45, 7) is 1.39. The third kappa shape index (κ3) is 2.84. The Kier molecular flexibility index (Phi) is 4.14. The van der Waals surface area contributed by atoms with Crippen molar-refractivity contribution < 1.29 is 24.0 Å². The van der Waals surface area contributed by atoms with Gasteiger partial charge in [-0.3, -0.25) is 34.2 Å². The summed E-state index contributed by atoms with van der Waals surface area (Å²) in [4.78, 5) is 63.9. The van der Waals surface area contributed by atoms with Crippen molar-refractivity contribution in [2.24, 2.45) is 0 Å². The lowest BCUT2D eigenvalue weighted by molar-refractivity contribution is -0.136. The van der Waals surface area contributed by atoms with Gasteiger partial charge in [-0.1, -0.05) is 6.07 Å². The molecule has 9 heteroatoms. The van der Waals surface area contributed by atoms with Gasteiger partial charge in [0.25, 0.3) is 11.8 Å². The molecule has 1 atom stereocenters. The van der Waals surface area contributed by atoms with Crippen molar-refractivity contribution in [2.45, 2.75) is 25.3 Å². The van der Waals surface area contributed by atoms with Crippen LogP contribution in [0.3, 0.4) is 0 Å². The van der Waals surface area contributed by atoms with Crippen LogP contribution in [-0.2, 0) is 14.4 Å². The maximum absolute atomic E-state index is 13.1. The first kappa shape index (κ1) is 17.2. The van der Waals surface area contributed by atoms with Crippen molar-refractivity contribution >= 4 is 35.2 Å². The highest BCUT2D eigenvalue weighted by atomic mass is 16.2. The van der Waals surface area contributed by atoms with E-state index < -0.39 is 29.7 Å².